The average molecular weight is 550 g/mol. The van der Waals surface area contributed by atoms with E-state index in [0.29, 0.717) is 10.9 Å². The number of benzene rings is 3. The van der Waals surface area contributed by atoms with Gasteiger partial charge in [0.25, 0.3) is 0 Å². The van der Waals surface area contributed by atoms with Gasteiger partial charge < -0.3 is 0 Å². The van der Waals surface area contributed by atoms with Gasteiger partial charge in [-0.15, -0.1) is 11.3 Å². The molecule has 6 heteroatoms. The number of nitrogens with zero attached hydrogens (tertiary/aromatic N) is 1. The number of fused-ring (bicyclic) bond motifs is 2. The molecule has 0 saturated carbocycles. The Morgan fingerprint density at radius 2 is 1.51 bits per heavy atom. The molecule has 0 aliphatic carbocycles. The van der Waals surface area contributed by atoms with Crippen molar-refractivity contribution in [1.82, 2.24) is 4.98 Å². The summed E-state index contributed by atoms with van der Waals surface area (Å²) in [5.74, 6) is -0.380. The van der Waals surface area contributed by atoms with Crippen molar-refractivity contribution < 1.29 is 17.6 Å². The van der Waals surface area contributed by atoms with Crippen LogP contribution < -0.4 is 0 Å². The predicted molar refractivity (Wildman–Crippen MR) is 155 cm³/mol. The van der Waals surface area contributed by atoms with Gasteiger partial charge in [-0.25, -0.2) is 4.39 Å². The van der Waals surface area contributed by atoms with Crippen molar-refractivity contribution in [3.05, 3.63) is 89.4 Å². The lowest BCUT2D eigenvalue weighted by Crippen LogP contribution is -2.34. The fourth-order valence-corrected chi connectivity index (χ4v) is 6.48. The Kier molecular flexibility index (Phi) is 6.61. The second kappa shape index (κ2) is 9.44. The summed E-state index contributed by atoms with van der Waals surface area (Å²) >= 11 is 1.47. The Balaban J connectivity index is 1.63. The van der Waals surface area contributed by atoms with Gasteiger partial charge in [0.2, 0.25) is 0 Å². The molecule has 5 rings (SSSR count). The van der Waals surface area contributed by atoms with Gasteiger partial charge in [0.15, 0.2) is 0 Å². The highest BCUT2D eigenvalue weighted by molar-refractivity contribution is 7.23. The van der Waals surface area contributed by atoms with Crippen LogP contribution in [0, 0.1) is 18.2 Å². The van der Waals surface area contributed by atoms with Gasteiger partial charge in [0, 0.05) is 15.8 Å². The molecule has 2 aromatic heterocycles. The number of halogens is 4. The van der Waals surface area contributed by atoms with Crippen LogP contribution in [0.4, 0.5) is 17.6 Å². The van der Waals surface area contributed by atoms with E-state index < -0.39 is 11.6 Å². The molecule has 3 aromatic carbocycles. The molecule has 5 aromatic rings. The molecule has 0 saturated heterocycles. The standard InChI is InChI=1S/C33H31F4NS/c1-19-27-26(34)18-38-28(23-15-22-9-7-8-10-24(22)25(16-23)31(2,3)4)30(27)39-29(19)21-13-11-20(12-14-21)17-32(5,6)33(35,36)37/h7-16,18H,17H2,1-6H3. The zero-order valence-corrected chi connectivity index (χ0v) is 23.7. The lowest BCUT2D eigenvalue weighted by Gasteiger charge is -2.27. The first kappa shape index (κ1) is 27.3. The first-order chi connectivity index (χ1) is 18.2. The molecule has 0 atom stereocenters. The van der Waals surface area contributed by atoms with Crippen molar-refractivity contribution in [3.63, 3.8) is 0 Å². The summed E-state index contributed by atoms with van der Waals surface area (Å²) < 4.78 is 56.1. The predicted octanol–water partition coefficient (Wildman–Crippen LogP) is 10.7. The summed E-state index contributed by atoms with van der Waals surface area (Å²) in [6.45, 7) is 10.9. The van der Waals surface area contributed by atoms with Gasteiger partial charge in [-0.05, 0) is 63.9 Å². The molecule has 0 unspecified atom stereocenters. The second-order valence-corrected chi connectivity index (χ2v) is 13.0. The van der Waals surface area contributed by atoms with Crippen LogP contribution in [0.15, 0.2) is 66.9 Å². The molecule has 0 amide bonds. The van der Waals surface area contributed by atoms with Crippen molar-refractivity contribution in [2.24, 2.45) is 5.41 Å². The average Bonchev–Trinajstić information content (AvgIpc) is 3.20. The molecule has 0 aliphatic rings. The third kappa shape index (κ3) is 4.95. The van der Waals surface area contributed by atoms with Crippen LogP contribution in [-0.4, -0.2) is 11.2 Å². The van der Waals surface area contributed by atoms with Crippen LogP contribution in [-0.2, 0) is 11.8 Å². The first-order valence-electron chi connectivity index (χ1n) is 12.9. The summed E-state index contributed by atoms with van der Waals surface area (Å²) in [4.78, 5) is 5.45. The van der Waals surface area contributed by atoms with Gasteiger partial charge in [0.05, 0.1) is 22.0 Å². The van der Waals surface area contributed by atoms with E-state index in [0.717, 1.165) is 37.3 Å². The number of pyridine rings is 1. The van der Waals surface area contributed by atoms with Crippen LogP contribution in [0.3, 0.4) is 0 Å². The summed E-state index contributed by atoms with van der Waals surface area (Å²) in [7, 11) is 0. The molecule has 0 aliphatic heterocycles. The lowest BCUT2D eigenvalue weighted by molar-refractivity contribution is -0.211. The number of thiophene rings is 1. The maximum absolute atomic E-state index is 15.2. The van der Waals surface area contributed by atoms with Gasteiger partial charge >= 0.3 is 6.18 Å². The van der Waals surface area contributed by atoms with Crippen LogP contribution in [0.2, 0.25) is 0 Å². The number of aryl methyl sites for hydroxylation is 1. The van der Waals surface area contributed by atoms with E-state index >= 15 is 4.39 Å². The van der Waals surface area contributed by atoms with Gasteiger partial charge in [-0.2, -0.15) is 13.2 Å². The smallest absolute Gasteiger partial charge is 0.252 e. The Labute approximate surface area is 230 Å². The van der Waals surface area contributed by atoms with Crippen molar-refractivity contribution in [2.45, 2.75) is 59.6 Å². The van der Waals surface area contributed by atoms with E-state index in [4.69, 9.17) is 0 Å². The van der Waals surface area contributed by atoms with Gasteiger partial charge in [-0.3, -0.25) is 4.98 Å². The highest BCUT2D eigenvalue weighted by Crippen LogP contribution is 2.45. The summed E-state index contributed by atoms with van der Waals surface area (Å²) in [6, 6.07) is 19.7. The highest BCUT2D eigenvalue weighted by Gasteiger charge is 2.46. The summed E-state index contributed by atoms with van der Waals surface area (Å²) in [6.07, 6.45) is -3.11. The van der Waals surface area contributed by atoms with E-state index in [1.54, 1.807) is 12.1 Å². The van der Waals surface area contributed by atoms with Crippen LogP contribution in [0.1, 0.15) is 51.3 Å². The zero-order valence-electron chi connectivity index (χ0n) is 22.9. The maximum Gasteiger partial charge on any atom is 0.394 e. The third-order valence-corrected chi connectivity index (χ3v) is 8.83. The normalized spacial score (nSPS) is 13.0. The highest BCUT2D eigenvalue weighted by atomic mass is 32.1. The van der Waals surface area contributed by atoms with Crippen molar-refractivity contribution in [1.29, 1.82) is 0 Å². The largest absolute Gasteiger partial charge is 0.394 e. The molecule has 202 valence electrons. The van der Waals surface area contributed by atoms with E-state index in [-0.39, 0.29) is 17.7 Å². The van der Waals surface area contributed by atoms with Crippen LogP contribution >= 0.6 is 11.3 Å². The molecule has 0 bridgehead atoms. The SMILES string of the molecule is Cc1c(-c2ccc(CC(C)(C)C(F)(F)F)cc2)sc2c(-c3cc(C(C)(C)C)c4ccccc4c3)ncc(F)c12. The van der Waals surface area contributed by atoms with E-state index in [1.165, 1.54) is 42.3 Å². The fraction of sp³-hybridized carbons (Fsp3) is 0.303. The van der Waals surface area contributed by atoms with Crippen LogP contribution in [0.25, 0.3) is 42.6 Å². The minimum Gasteiger partial charge on any atom is -0.252 e. The fourth-order valence-electron chi connectivity index (χ4n) is 5.15. The minimum atomic E-state index is -4.29. The summed E-state index contributed by atoms with van der Waals surface area (Å²) in [5, 5.41) is 2.82. The maximum atomic E-state index is 15.2. The molecule has 0 radical (unpaired) electrons. The Morgan fingerprint density at radius 3 is 2.15 bits per heavy atom. The first-order valence-corrected chi connectivity index (χ1v) is 13.8. The Morgan fingerprint density at radius 1 is 0.846 bits per heavy atom. The number of alkyl halides is 3. The summed E-state index contributed by atoms with van der Waals surface area (Å²) in [5.41, 5.74) is 3.19. The Bertz CT molecular complexity index is 1690. The molecule has 2 heterocycles. The van der Waals surface area contributed by atoms with E-state index in [1.807, 2.05) is 31.2 Å². The number of hydrogen-bond acceptors (Lipinski definition) is 2. The topological polar surface area (TPSA) is 12.9 Å². The van der Waals surface area contributed by atoms with Crippen molar-refractivity contribution in [2.75, 3.05) is 0 Å². The van der Waals surface area contributed by atoms with Crippen molar-refractivity contribution >= 4 is 32.2 Å². The van der Waals surface area contributed by atoms with E-state index in [9.17, 15) is 13.2 Å². The number of aromatic nitrogens is 1. The second-order valence-electron chi connectivity index (χ2n) is 12.0. The zero-order chi connectivity index (χ0) is 28.3. The quantitative estimate of drug-likeness (QED) is 0.203. The van der Waals surface area contributed by atoms with E-state index in [2.05, 4.69) is 50.0 Å². The molecule has 0 N–H and O–H groups in total. The minimum absolute atomic E-state index is 0.103. The molecular weight excluding hydrogens is 518 g/mol. The molecular formula is C33H31F4NS. The molecule has 39 heavy (non-hydrogen) atoms. The van der Waals surface area contributed by atoms with Crippen molar-refractivity contribution in [3.8, 4) is 21.7 Å². The van der Waals surface area contributed by atoms with Gasteiger partial charge in [0.1, 0.15) is 5.82 Å². The number of rotatable bonds is 4. The molecule has 1 nitrogen and oxygen atoms in total. The monoisotopic (exact) mass is 549 g/mol. The number of hydrogen-bond donors (Lipinski definition) is 0. The van der Waals surface area contributed by atoms with Gasteiger partial charge in [-0.1, -0.05) is 83.1 Å². The Hall–Kier alpha value is -3.25. The molecule has 0 spiro atoms. The molecule has 0 fully saturated rings. The third-order valence-electron chi connectivity index (χ3n) is 7.48. The lowest BCUT2D eigenvalue weighted by atomic mass is 9.82. The van der Waals surface area contributed by atoms with Crippen LogP contribution in [0.5, 0.6) is 0 Å².